The van der Waals surface area contributed by atoms with Crippen LogP contribution in [0.2, 0.25) is 0 Å². The normalized spacial score (nSPS) is 16.1. The third kappa shape index (κ3) is 7.56. The van der Waals surface area contributed by atoms with Crippen LogP contribution in [0, 0.1) is 6.92 Å². The molecule has 7 nitrogen and oxygen atoms in total. The fourth-order valence-electron chi connectivity index (χ4n) is 4.38. The Morgan fingerprint density at radius 2 is 1.57 bits per heavy atom. The lowest BCUT2D eigenvalue weighted by Crippen LogP contribution is -2.21. The number of hydrogen-bond acceptors (Lipinski definition) is 5. The van der Waals surface area contributed by atoms with E-state index in [4.69, 9.17) is 9.90 Å². The SMILES string of the molecule is C1CCNC1.Cc1cn(S(=O)(=O)c2ccccc2)c2cccc(CN3CCCC3)c12.O=C(O)C(F)(F)F. The van der Waals surface area contributed by atoms with Crippen molar-refractivity contribution in [1.82, 2.24) is 14.2 Å². The lowest BCUT2D eigenvalue weighted by Gasteiger charge is -2.16. The molecule has 11 heteroatoms. The molecule has 2 saturated heterocycles. The van der Waals surface area contributed by atoms with E-state index in [0.717, 1.165) is 36.1 Å². The van der Waals surface area contributed by atoms with Gasteiger partial charge in [-0.25, -0.2) is 17.2 Å². The van der Waals surface area contributed by atoms with E-state index in [1.165, 1.54) is 48.3 Å². The van der Waals surface area contributed by atoms with Gasteiger partial charge in [0.25, 0.3) is 10.0 Å². The first kappa shape index (κ1) is 28.7. The molecule has 2 aromatic carbocycles. The highest BCUT2D eigenvalue weighted by molar-refractivity contribution is 7.90. The largest absolute Gasteiger partial charge is 0.490 e. The lowest BCUT2D eigenvalue weighted by atomic mass is 10.1. The van der Waals surface area contributed by atoms with Crippen LogP contribution in [0.1, 0.15) is 36.8 Å². The van der Waals surface area contributed by atoms with E-state index in [1.807, 2.05) is 25.1 Å². The number of fused-ring (bicyclic) bond motifs is 1. The minimum absolute atomic E-state index is 0.317. The van der Waals surface area contributed by atoms with Crippen LogP contribution in [0.15, 0.2) is 59.6 Å². The molecule has 0 amide bonds. The molecule has 202 valence electrons. The van der Waals surface area contributed by atoms with Crippen LogP contribution >= 0.6 is 0 Å². The van der Waals surface area contributed by atoms with Crippen molar-refractivity contribution in [2.45, 2.75) is 50.2 Å². The second kappa shape index (κ2) is 12.6. The number of carbonyl (C=O) groups is 1. The van der Waals surface area contributed by atoms with E-state index < -0.39 is 22.2 Å². The van der Waals surface area contributed by atoms with Crippen LogP contribution in [0.5, 0.6) is 0 Å². The van der Waals surface area contributed by atoms with E-state index in [-0.39, 0.29) is 0 Å². The molecule has 2 aliphatic rings. The fourth-order valence-corrected chi connectivity index (χ4v) is 5.81. The topological polar surface area (TPSA) is 91.6 Å². The van der Waals surface area contributed by atoms with Gasteiger partial charge in [-0.3, -0.25) is 4.90 Å². The van der Waals surface area contributed by atoms with Crippen molar-refractivity contribution in [2.24, 2.45) is 0 Å². The zero-order valence-electron chi connectivity index (χ0n) is 20.7. The Hall–Kier alpha value is -2.89. The van der Waals surface area contributed by atoms with E-state index in [9.17, 15) is 21.6 Å². The maximum atomic E-state index is 13.1. The Balaban J connectivity index is 0.000000262. The first-order chi connectivity index (χ1) is 17.5. The highest BCUT2D eigenvalue weighted by Crippen LogP contribution is 2.29. The highest BCUT2D eigenvalue weighted by Gasteiger charge is 2.38. The minimum Gasteiger partial charge on any atom is -0.475 e. The summed E-state index contributed by atoms with van der Waals surface area (Å²) in [4.78, 5) is 11.7. The van der Waals surface area contributed by atoms with Crippen molar-refractivity contribution in [3.8, 4) is 0 Å². The number of halogens is 3. The monoisotopic (exact) mass is 539 g/mol. The average molecular weight is 540 g/mol. The Morgan fingerprint density at radius 1 is 0.973 bits per heavy atom. The predicted octanol–water partition coefficient (Wildman–Crippen LogP) is 4.79. The molecular formula is C26H32F3N3O4S. The number of aliphatic carboxylic acids is 1. The summed E-state index contributed by atoms with van der Waals surface area (Å²) in [6.07, 6.45) is 1.94. The second-order valence-corrected chi connectivity index (χ2v) is 10.8. The smallest absolute Gasteiger partial charge is 0.475 e. The van der Waals surface area contributed by atoms with Crippen molar-refractivity contribution in [1.29, 1.82) is 0 Å². The predicted molar refractivity (Wildman–Crippen MR) is 136 cm³/mol. The Kier molecular flexibility index (Phi) is 9.74. The number of rotatable bonds is 4. The van der Waals surface area contributed by atoms with Gasteiger partial charge < -0.3 is 10.4 Å². The molecule has 0 bridgehead atoms. The van der Waals surface area contributed by atoms with Crippen molar-refractivity contribution in [3.63, 3.8) is 0 Å². The number of hydrogen-bond donors (Lipinski definition) is 2. The number of benzene rings is 2. The molecule has 2 N–H and O–H groups in total. The molecule has 0 radical (unpaired) electrons. The summed E-state index contributed by atoms with van der Waals surface area (Å²) in [7, 11) is -3.59. The number of aryl methyl sites for hydroxylation is 1. The molecule has 5 rings (SSSR count). The van der Waals surface area contributed by atoms with E-state index >= 15 is 0 Å². The summed E-state index contributed by atoms with van der Waals surface area (Å²) < 4.78 is 59.3. The van der Waals surface area contributed by atoms with Crippen LogP contribution in [0.4, 0.5) is 13.2 Å². The van der Waals surface area contributed by atoms with Gasteiger partial charge in [0.2, 0.25) is 0 Å². The van der Waals surface area contributed by atoms with Crippen LogP contribution in [0.3, 0.4) is 0 Å². The molecular weight excluding hydrogens is 507 g/mol. The van der Waals surface area contributed by atoms with Gasteiger partial charge in [0, 0.05) is 18.1 Å². The summed E-state index contributed by atoms with van der Waals surface area (Å²) in [5, 5.41) is 11.4. The van der Waals surface area contributed by atoms with E-state index in [0.29, 0.717) is 4.90 Å². The van der Waals surface area contributed by atoms with Crippen LogP contribution < -0.4 is 5.32 Å². The van der Waals surface area contributed by atoms with E-state index in [1.54, 1.807) is 30.5 Å². The molecule has 0 atom stereocenters. The van der Waals surface area contributed by atoms with Crippen molar-refractivity contribution in [3.05, 3.63) is 65.9 Å². The zero-order chi connectivity index (χ0) is 27.1. The first-order valence-corrected chi connectivity index (χ1v) is 13.6. The summed E-state index contributed by atoms with van der Waals surface area (Å²) in [6, 6.07) is 14.6. The lowest BCUT2D eigenvalue weighted by molar-refractivity contribution is -0.192. The van der Waals surface area contributed by atoms with Crippen molar-refractivity contribution in [2.75, 3.05) is 26.2 Å². The van der Waals surface area contributed by atoms with Crippen molar-refractivity contribution < 1.29 is 31.5 Å². The van der Waals surface area contributed by atoms with E-state index in [2.05, 4.69) is 16.3 Å². The van der Waals surface area contributed by atoms with Crippen LogP contribution in [0.25, 0.3) is 10.9 Å². The molecule has 0 spiro atoms. The van der Waals surface area contributed by atoms with Crippen LogP contribution in [-0.2, 0) is 21.4 Å². The number of likely N-dealkylation sites (tertiary alicyclic amines) is 1. The molecule has 2 aliphatic heterocycles. The zero-order valence-corrected chi connectivity index (χ0v) is 21.5. The van der Waals surface area contributed by atoms with Crippen LogP contribution in [-0.4, -0.2) is 60.7 Å². The minimum atomic E-state index is -5.08. The van der Waals surface area contributed by atoms with Gasteiger partial charge in [-0.15, -0.1) is 0 Å². The Labute approximate surface area is 214 Å². The standard InChI is InChI=1S/C20H22N2O2S.C4H9N.C2HF3O2/c1-16-14-22(25(23,24)18-9-3-2-4-10-18)19-11-7-8-17(20(16)19)15-21-12-5-6-13-21;1-2-4-5-3-1;3-2(4,5)1(6)7/h2-4,7-11,14H,5-6,12-13,15H2,1H3;5H,1-4H2;(H,6,7). The van der Waals surface area contributed by atoms with Gasteiger partial charge in [-0.05, 0) is 88.1 Å². The van der Waals surface area contributed by atoms with Gasteiger partial charge in [-0.2, -0.15) is 13.2 Å². The van der Waals surface area contributed by atoms with Gasteiger partial charge in [0.05, 0.1) is 10.4 Å². The molecule has 1 aromatic heterocycles. The molecule has 0 aliphatic carbocycles. The summed E-state index contributed by atoms with van der Waals surface area (Å²) in [5.41, 5.74) is 2.97. The third-order valence-corrected chi connectivity index (χ3v) is 7.85. The molecule has 3 heterocycles. The fraction of sp³-hybridized carbons (Fsp3) is 0.423. The number of carboxylic acid groups (broad SMARTS) is 1. The van der Waals surface area contributed by atoms with Gasteiger partial charge in [0.1, 0.15) is 0 Å². The number of aromatic nitrogens is 1. The van der Waals surface area contributed by atoms with Gasteiger partial charge in [0.15, 0.2) is 0 Å². The number of alkyl halides is 3. The van der Waals surface area contributed by atoms with Crippen molar-refractivity contribution >= 4 is 26.9 Å². The summed E-state index contributed by atoms with van der Waals surface area (Å²) in [5.74, 6) is -2.76. The van der Waals surface area contributed by atoms with Gasteiger partial charge in [-0.1, -0.05) is 30.3 Å². The molecule has 0 unspecified atom stereocenters. The second-order valence-electron chi connectivity index (χ2n) is 8.98. The van der Waals surface area contributed by atoms with Gasteiger partial charge >= 0.3 is 12.1 Å². The third-order valence-electron chi connectivity index (χ3n) is 6.16. The molecule has 3 aromatic rings. The maximum absolute atomic E-state index is 13.1. The molecule has 0 saturated carbocycles. The Bertz CT molecular complexity index is 1270. The first-order valence-electron chi connectivity index (χ1n) is 12.1. The Morgan fingerprint density at radius 3 is 2.08 bits per heavy atom. The number of carboxylic acids is 1. The number of nitrogens with one attached hydrogen (secondary N) is 1. The summed E-state index contributed by atoms with van der Waals surface area (Å²) in [6.45, 7) is 7.62. The average Bonchev–Trinajstić information content (AvgIpc) is 3.64. The maximum Gasteiger partial charge on any atom is 0.490 e. The highest BCUT2D eigenvalue weighted by atomic mass is 32.2. The molecule has 2 fully saturated rings. The quantitative estimate of drug-likeness (QED) is 0.496. The molecule has 37 heavy (non-hydrogen) atoms. The summed E-state index contributed by atoms with van der Waals surface area (Å²) >= 11 is 0. The number of nitrogens with zero attached hydrogens (tertiary/aromatic N) is 2.